The van der Waals surface area contributed by atoms with E-state index in [-0.39, 0.29) is 11.3 Å². The molecule has 2 rings (SSSR count). The zero-order valence-corrected chi connectivity index (χ0v) is 12.0. The highest BCUT2D eigenvalue weighted by Crippen LogP contribution is 2.37. The highest BCUT2D eigenvalue weighted by Gasteiger charge is 2.27. The van der Waals surface area contributed by atoms with E-state index in [1.807, 2.05) is 12.1 Å². The molecule has 0 atom stereocenters. The fourth-order valence-corrected chi connectivity index (χ4v) is 2.70. The largest absolute Gasteiger partial charge is 0.502 e. The van der Waals surface area contributed by atoms with Crippen LogP contribution in [0.3, 0.4) is 0 Å². The van der Waals surface area contributed by atoms with Crippen molar-refractivity contribution >= 4 is 0 Å². The fraction of sp³-hybridized carbons (Fsp3) is 0.600. The molecule has 1 saturated carbocycles. The first kappa shape index (κ1) is 14.0. The number of phenols is 1. The van der Waals surface area contributed by atoms with Crippen molar-refractivity contribution in [2.75, 3.05) is 14.2 Å². The van der Waals surface area contributed by atoms with E-state index in [4.69, 9.17) is 9.47 Å². The molecular weight excluding hydrogens is 242 g/mol. The summed E-state index contributed by atoms with van der Waals surface area (Å²) in [7, 11) is 3.09. The predicted molar refractivity (Wildman–Crippen MR) is 74.9 cm³/mol. The van der Waals surface area contributed by atoms with Crippen molar-refractivity contribution in [3.63, 3.8) is 0 Å². The molecule has 1 aromatic rings. The highest BCUT2D eigenvalue weighted by atomic mass is 16.5. The normalized spacial score (nSPS) is 17.4. The number of benzene rings is 1. The molecule has 0 radical (unpaired) electrons. The maximum Gasteiger partial charge on any atom is 0.200 e. The van der Waals surface area contributed by atoms with Gasteiger partial charge in [-0.2, -0.15) is 0 Å². The van der Waals surface area contributed by atoms with Gasteiger partial charge in [0, 0.05) is 12.1 Å². The summed E-state index contributed by atoms with van der Waals surface area (Å²) in [5.41, 5.74) is 1.29. The van der Waals surface area contributed by atoms with Gasteiger partial charge >= 0.3 is 0 Å². The van der Waals surface area contributed by atoms with Crippen molar-refractivity contribution in [3.8, 4) is 17.2 Å². The van der Waals surface area contributed by atoms with E-state index in [9.17, 15) is 5.11 Å². The van der Waals surface area contributed by atoms with Crippen LogP contribution < -0.4 is 14.8 Å². The van der Waals surface area contributed by atoms with E-state index in [1.165, 1.54) is 25.7 Å². The quantitative estimate of drug-likeness (QED) is 0.859. The van der Waals surface area contributed by atoms with Crippen LogP contribution >= 0.6 is 0 Å². The topological polar surface area (TPSA) is 50.7 Å². The third-order valence-corrected chi connectivity index (χ3v) is 3.97. The second kappa shape index (κ2) is 5.70. The summed E-state index contributed by atoms with van der Waals surface area (Å²) < 4.78 is 10.3. The minimum Gasteiger partial charge on any atom is -0.502 e. The van der Waals surface area contributed by atoms with Crippen LogP contribution in [0.15, 0.2) is 12.1 Å². The van der Waals surface area contributed by atoms with E-state index in [2.05, 4.69) is 12.2 Å². The summed E-state index contributed by atoms with van der Waals surface area (Å²) in [6.45, 7) is 3.03. The Morgan fingerprint density at radius 1 is 1.16 bits per heavy atom. The van der Waals surface area contributed by atoms with Gasteiger partial charge in [-0.15, -0.1) is 0 Å². The van der Waals surface area contributed by atoms with Gasteiger partial charge in [-0.3, -0.25) is 0 Å². The van der Waals surface area contributed by atoms with Crippen LogP contribution in [0.4, 0.5) is 0 Å². The molecule has 2 N–H and O–H groups in total. The summed E-state index contributed by atoms with van der Waals surface area (Å²) in [4.78, 5) is 0. The average molecular weight is 265 g/mol. The van der Waals surface area contributed by atoms with Gasteiger partial charge in [0.05, 0.1) is 14.2 Å². The number of rotatable bonds is 5. The van der Waals surface area contributed by atoms with E-state index in [0.717, 1.165) is 12.1 Å². The molecule has 1 aromatic carbocycles. The first-order chi connectivity index (χ1) is 9.08. The maximum absolute atomic E-state index is 9.87. The smallest absolute Gasteiger partial charge is 0.200 e. The number of hydrogen-bond acceptors (Lipinski definition) is 4. The van der Waals surface area contributed by atoms with Gasteiger partial charge in [0.2, 0.25) is 5.75 Å². The molecule has 0 bridgehead atoms. The van der Waals surface area contributed by atoms with Gasteiger partial charge in [-0.1, -0.05) is 12.8 Å². The minimum atomic E-state index is 0.0563. The first-order valence-electron chi connectivity index (χ1n) is 6.77. The average Bonchev–Trinajstić information content (AvgIpc) is 2.85. The number of hydrogen-bond donors (Lipinski definition) is 2. The van der Waals surface area contributed by atoms with Gasteiger partial charge in [0.25, 0.3) is 0 Å². The maximum atomic E-state index is 9.87. The standard InChI is InChI=1S/C15H23NO3/c1-15(6-4-5-7-15)16-10-11-8-12(18-2)14(17)13(9-11)19-3/h8-9,16-17H,4-7,10H2,1-3H3. The molecule has 4 heteroatoms. The Hall–Kier alpha value is -1.42. The van der Waals surface area contributed by atoms with Crippen LogP contribution in [0.25, 0.3) is 0 Å². The zero-order chi connectivity index (χ0) is 13.9. The van der Waals surface area contributed by atoms with E-state index >= 15 is 0 Å². The first-order valence-corrected chi connectivity index (χ1v) is 6.77. The molecule has 1 aliphatic rings. The minimum absolute atomic E-state index is 0.0563. The molecule has 19 heavy (non-hydrogen) atoms. The monoisotopic (exact) mass is 265 g/mol. The summed E-state index contributed by atoms with van der Waals surface area (Å²) in [5, 5.41) is 13.5. The predicted octanol–water partition coefficient (Wildman–Crippen LogP) is 2.83. The summed E-state index contributed by atoms with van der Waals surface area (Å²) in [5.74, 6) is 0.960. The third-order valence-electron chi connectivity index (χ3n) is 3.97. The number of nitrogens with one attached hydrogen (secondary N) is 1. The molecule has 0 spiro atoms. The van der Waals surface area contributed by atoms with Gasteiger partial charge in [0.15, 0.2) is 11.5 Å². The Balaban J connectivity index is 2.11. The lowest BCUT2D eigenvalue weighted by molar-refractivity contribution is 0.336. The SMILES string of the molecule is COc1cc(CNC2(C)CCCC2)cc(OC)c1O. The Kier molecular flexibility index (Phi) is 4.20. The summed E-state index contributed by atoms with van der Waals surface area (Å²) >= 11 is 0. The second-order valence-corrected chi connectivity index (χ2v) is 5.47. The van der Waals surface area contributed by atoms with Crippen LogP contribution in [0.1, 0.15) is 38.2 Å². The third kappa shape index (κ3) is 3.13. The lowest BCUT2D eigenvalue weighted by Crippen LogP contribution is -2.38. The van der Waals surface area contributed by atoms with E-state index < -0.39 is 0 Å². The number of methoxy groups -OCH3 is 2. The molecule has 0 aliphatic heterocycles. The van der Waals surface area contributed by atoms with Gasteiger partial charge in [-0.05, 0) is 37.5 Å². The number of ether oxygens (including phenoxy) is 2. The van der Waals surface area contributed by atoms with Crippen molar-refractivity contribution < 1.29 is 14.6 Å². The summed E-state index contributed by atoms with van der Waals surface area (Å²) in [6, 6.07) is 3.70. The van der Waals surface area contributed by atoms with Crippen molar-refractivity contribution in [3.05, 3.63) is 17.7 Å². The molecule has 1 fully saturated rings. The molecule has 0 amide bonds. The molecule has 106 valence electrons. The van der Waals surface area contributed by atoms with Crippen LogP contribution in [-0.2, 0) is 6.54 Å². The molecule has 1 aliphatic carbocycles. The van der Waals surface area contributed by atoms with E-state index in [0.29, 0.717) is 11.5 Å². The van der Waals surface area contributed by atoms with Crippen molar-refractivity contribution in [1.29, 1.82) is 0 Å². The lowest BCUT2D eigenvalue weighted by atomic mass is 10.00. The Morgan fingerprint density at radius 3 is 2.16 bits per heavy atom. The number of phenolic OH excluding ortho intramolecular Hbond substituents is 1. The van der Waals surface area contributed by atoms with Crippen LogP contribution in [-0.4, -0.2) is 24.9 Å². The van der Waals surface area contributed by atoms with Crippen LogP contribution in [0.5, 0.6) is 17.2 Å². The second-order valence-electron chi connectivity index (χ2n) is 5.47. The Morgan fingerprint density at radius 2 is 1.68 bits per heavy atom. The summed E-state index contributed by atoms with van der Waals surface area (Å²) in [6.07, 6.45) is 5.04. The molecule has 4 nitrogen and oxygen atoms in total. The fourth-order valence-electron chi connectivity index (χ4n) is 2.70. The molecule has 0 unspecified atom stereocenters. The van der Waals surface area contributed by atoms with Crippen LogP contribution in [0.2, 0.25) is 0 Å². The Labute approximate surface area is 114 Å². The van der Waals surface area contributed by atoms with Gasteiger partial charge in [-0.25, -0.2) is 0 Å². The zero-order valence-electron chi connectivity index (χ0n) is 12.0. The van der Waals surface area contributed by atoms with Crippen molar-refractivity contribution in [2.24, 2.45) is 0 Å². The molecule has 0 aromatic heterocycles. The Bertz CT molecular complexity index is 414. The van der Waals surface area contributed by atoms with E-state index in [1.54, 1.807) is 14.2 Å². The van der Waals surface area contributed by atoms with Gasteiger partial charge in [0.1, 0.15) is 0 Å². The van der Waals surface area contributed by atoms with Crippen molar-refractivity contribution in [1.82, 2.24) is 5.32 Å². The van der Waals surface area contributed by atoms with Crippen molar-refractivity contribution in [2.45, 2.75) is 44.7 Å². The molecule has 0 heterocycles. The molecular formula is C15H23NO3. The lowest BCUT2D eigenvalue weighted by Gasteiger charge is -2.25. The van der Waals surface area contributed by atoms with Crippen LogP contribution in [0, 0.1) is 0 Å². The number of aromatic hydroxyl groups is 1. The highest BCUT2D eigenvalue weighted by molar-refractivity contribution is 5.52. The molecule has 0 saturated heterocycles. The van der Waals surface area contributed by atoms with Gasteiger partial charge < -0.3 is 19.9 Å².